The van der Waals surface area contributed by atoms with Gasteiger partial charge in [-0.1, -0.05) is 35.0 Å². The number of nitrogens with one attached hydrogen (secondary N) is 1. The van der Waals surface area contributed by atoms with Crippen LogP contribution in [0.25, 0.3) is 0 Å². The molecule has 1 atom stereocenters. The monoisotopic (exact) mass is 350 g/mol. The van der Waals surface area contributed by atoms with Crippen molar-refractivity contribution >= 4 is 15.9 Å². The molecule has 2 saturated heterocycles. The summed E-state index contributed by atoms with van der Waals surface area (Å²) in [7, 11) is 0. The Bertz CT molecular complexity index is 460. The first-order valence-electron chi connectivity index (χ1n) is 8.35. The molecule has 1 N–H and O–H groups in total. The van der Waals surface area contributed by atoms with E-state index >= 15 is 0 Å². The third-order valence-corrected chi connectivity index (χ3v) is 5.89. The van der Waals surface area contributed by atoms with E-state index in [1.165, 1.54) is 68.4 Å². The average molecular weight is 351 g/mol. The molecule has 3 heteroatoms. The normalized spacial score (nSPS) is 26.7. The lowest BCUT2D eigenvalue weighted by molar-refractivity contribution is 0.139. The number of hydrogen-bond acceptors (Lipinski definition) is 2. The summed E-state index contributed by atoms with van der Waals surface area (Å²) in [6, 6.07) is 8.90. The summed E-state index contributed by atoms with van der Waals surface area (Å²) in [4.78, 5) is 2.69. The summed E-state index contributed by atoms with van der Waals surface area (Å²) in [5.41, 5.74) is 1.85. The van der Waals surface area contributed by atoms with E-state index in [1.54, 1.807) is 0 Å². The van der Waals surface area contributed by atoms with Gasteiger partial charge in [-0.2, -0.15) is 0 Å². The highest BCUT2D eigenvalue weighted by atomic mass is 79.9. The SMILES string of the molecule is CC1(c2cccc(Br)c2)CCN(C[C@@H]2CCCNC2)CC1. The van der Waals surface area contributed by atoms with Crippen molar-refractivity contribution in [2.75, 3.05) is 32.7 Å². The highest BCUT2D eigenvalue weighted by molar-refractivity contribution is 9.10. The second-order valence-corrected chi connectivity index (χ2v) is 8.00. The van der Waals surface area contributed by atoms with Crippen LogP contribution in [-0.2, 0) is 5.41 Å². The van der Waals surface area contributed by atoms with Crippen LogP contribution in [0.5, 0.6) is 0 Å². The molecule has 2 fully saturated rings. The van der Waals surface area contributed by atoms with E-state index in [0.29, 0.717) is 5.41 Å². The second kappa shape index (κ2) is 6.80. The van der Waals surface area contributed by atoms with Gasteiger partial charge in [-0.15, -0.1) is 0 Å². The van der Waals surface area contributed by atoms with Crippen LogP contribution < -0.4 is 5.32 Å². The van der Waals surface area contributed by atoms with Crippen molar-refractivity contribution in [3.63, 3.8) is 0 Å². The molecule has 0 radical (unpaired) electrons. The van der Waals surface area contributed by atoms with Gasteiger partial charge in [-0.3, -0.25) is 0 Å². The van der Waals surface area contributed by atoms with Crippen molar-refractivity contribution in [3.05, 3.63) is 34.3 Å². The predicted octanol–water partition coefficient (Wildman–Crippen LogP) is 3.80. The summed E-state index contributed by atoms with van der Waals surface area (Å²) in [6.07, 6.45) is 5.33. The van der Waals surface area contributed by atoms with Gasteiger partial charge in [-0.05, 0) is 80.9 Å². The van der Waals surface area contributed by atoms with Crippen molar-refractivity contribution in [2.45, 2.75) is 38.0 Å². The van der Waals surface area contributed by atoms with Crippen molar-refractivity contribution in [2.24, 2.45) is 5.92 Å². The van der Waals surface area contributed by atoms with E-state index in [-0.39, 0.29) is 0 Å². The molecule has 0 spiro atoms. The molecule has 0 bridgehead atoms. The molecular weight excluding hydrogens is 324 g/mol. The van der Waals surface area contributed by atoms with Gasteiger partial charge in [0, 0.05) is 11.0 Å². The van der Waals surface area contributed by atoms with Gasteiger partial charge in [0.25, 0.3) is 0 Å². The zero-order valence-corrected chi connectivity index (χ0v) is 14.7. The van der Waals surface area contributed by atoms with Crippen LogP contribution in [-0.4, -0.2) is 37.6 Å². The quantitative estimate of drug-likeness (QED) is 0.891. The standard InChI is InChI=1S/C18H27BrN2/c1-18(16-5-2-6-17(19)12-16)7-10-21(11-8-18)14-15-4-3-9-20-13-15/h2,5-6,12,15,20H,3-4,7-11,13-14H2,1H3/t15-/m1/s1. The van der Waals surface area contributed by atoms with Crippen LogP contribution in [0, 0.1) is 5.92 Å². The number of likely N-dealkylation sites (tertiary alicyclic amines) is 1. The molecule has 2 aliphatic heterocycles. The molecule has 116 valence electrons. The van der Waals surface area contributed by atoms with E-state index in [9.17, 15) is 0 Å². The van der Waals surface area contributed by atoms with Gasteiger partial charge < -0.3 is 10.2 Å². The average Bonchev–Trinajstić information content (AvgIpc) is 2.51. The Labute approximate surface area is 137 Å². The summed E-state index contributed by atoms with van der Waals surface area (Å²) in [6.45, 7) is 8.67. The smallest absolute Gasteiger partial charge is 0.0178 e. The Morgan fingerprint density at radius 1 is 1.33 bits per heavy atom. The van der Waals surface area contributed by atoms with E-state index in [1.807, 2.05) is 0 Å². The third kappa shape index (κ3) is 3.88. The summed E-state index contributed by atoms with van der Waals surface area (Å²) >= 11 is 3.61. The minimum absolute atomic E-state index is 0.352. The van der Waals surface area contributed by atoms with Crippen molar-refractivity contribution < 1.29 is 0 Å². The summed E-state index contributed by atoms with van der Waals surface area (Å²) < 4.78 is 1.21. The van der Waals surface area contributed by atoms with E-state index in [4.69, 9.17) is 0 Å². The lowest BCUT2D eigenvalue weighted by Gasteiger charge is -2.41. The molecule has 2 aliphatic rings. The zero-order chi connectivity index (χ0) is 14.7. The predicted molar refractivity (Wildman–Crippen MR) is 92.8 cm³/mol. The topological polar surface area (TPSA) is 15.3 Å². The Kier molecular flexibility index (Phi) is 5.03. The second-order valence-electron chi connectivity index (χ2n) is 7.08. The molecule has 0 saturated carbocycles. The highest BCUT2D eigenvalue weighted by Gasteiger charge is 2.32. The number of halogens is 1. The largest absolute Gasteiger partial charge is 0.316 e. The van der Waals surface area contributed by atoms with Crippen LogP contribution >= 0.6 is 15.9 Å². The zero-order valence-electron chi connectivity index (χ0n) is 13.1. The van der Waals surface area contributed by atoms with Crippen LogP contribution in [0.2, 0.25) is 0 Å². The number of rotatable bonds is 3. The Balaban J connectivity index is 1.56. The molecule has 21 heavy (non-hydrogen) atoms. The first-order chi connectivity index (χ1) is 10.2. The van der Waals surface area contributed by atoms with Crippen molar-refractivity contribution in [1.82, 2.24) is 10.2 Å². The molecule has 2 nitrogen and oxygen atoms in total. The lowest BCUT2D eigenvalue weighted by atomic mass is 9.74. The highest BCUT2D eigenvalue weighted by Crippen LogP contribution is 2.36. The Morgan fingerprint density at radius 3 is 2.81 bits per heavy atom. The fourth-order valence-corrected chi connectivity index (χ4v) is 4.23. The van der Waals surface area contributed by atoms with Gasteiger partial charge in [-0.25, -0.2) is 0 Å². The fourth-order valence-electron chi connectivity index (χ4n) is 3.83. The summed E-state index contributed by atoms with van der Waals surface area (Å²) in [5.74, 6) is 0.869. The molecule has 0 aromatic heterocycles. The lowest BCUT2D eigenvalue weighted by Crippen LogP contribution is -2.45. The molecule has 0 unspecified atom stereocenters. The van der Waals surface area contributed by atoms with Crippen LogP contribution in [0.1, 0.15) is 38.2 Å². The fraction of sp³-hybridized carbons (Fsp3) is 0.667. The van der Waals surface area contributed by atoms with Crippen molar-refractivity contribution in [1.29, 1.82) is 0 Å². The van der Waals surface area contributed by atoms with E-state index < -0.39 is 0 Å². The number of hydrogen-bond donors (Lipinski definition) is 1. The molecule has 2 heterocycles. The third-order valence-electron chi connectivity index (χ3n) is 5.40. The number of benzene rings is 1. The first-order valence-corrected chi connectivity index (χ1v) is 9.14. The molecule has 0 aliphatic carbocycles. The van der Waals surface area contributed by atoms with Crippen LogP contribution in [0.4, 0.5) is 0 Å². The van der Waals surface area contributed by atoms with Gasteiger partial charge in [0.2, 0.25) is 0 Å². The Hall–Kier alpha value is -0.380. The van der Waals surface area contributed by atoms with Crippen LogP contribution in [0.15, 0.2) is 28.7 Å². The maximum atomic E-state index is 3.61. The van der Waals surface area contributed by atoms with Crippen molar-refractivity contribution in [3.8, 4) is 0 Å². The van der Waals surface area contributed by atoms with Crippen LogP contribution in [0.3, 0.4) is 0 Å². The van der Waals surface area contributed by atoms with E-state index in [2.05, 4.69) is 57.3 Å². The van der Waals surface area contributed by atoms with Gasteiger partial charge in [0.1, 0.15) is 0 Å². The molecule has 0 amide bonds. The maximum absolute atomic E-state index is 3.61. The summed E-state index contributed by atoms with van der Waals surface area (Å²) in [5, 5.41) is 3.54. The van der Waals surface area contributed by atoms with E-state index in [0.717, 1.165) is 5.92 Å². The number of piperidine rings is 2. The van der Waals surface area contributed by atoms with Gasteiger partial charge in [0.05, 0.1) is 0 Å². The first kappa shape index (κ1) is 15.5. The number of nitrogens with zero attached hydrogens (tertiary/aromatic N) is 1. The van der Waals surface area contributed by atoms with Gasteiger partial charge >= 0.3 is 0 Å². The maximum Gasteiger partial charge on any atom is 0.0178 e. The minimum atomic E-state index is 0.352. The molecule has 1 aromatic rings. The minimum Gasteiger partial charge on any atom is -0.316 e. The molecule has 1 aromatic carbocycles. The van der Waals surface area contributed by atoms with Gasteiger partial charge in [0.15, 0.2) is 0 Å². The molecular formula is C18H27BrN2. The molecule has 3 rings (SSSR count). The Morgan fingerprint density at radius 2 is 2.14 bits per heavy atom.